The van der Waals surface area contributed by atoms with Gasteiger partial charge >= 0.3 is 23.9 Å². The summed E-state index contributed by atoms with van der Waals surface area (Å²) >= 11 is 0. The predicted octanol–water partition coefficient (Wildman–Crippen LogP) is 12.6. The molecule has 0 N–H and O–H groups in total. The Hall–Kier alpha value is -6.16. The van der Waals surface area contributed by atoms with Gasteiger partial charge in [-0.3, -0.25) is 0 Å². The number of rotatable bonds is 22. The fourth-order valence-corrected chi connectivity index (χ4v) is 6.54. The van der Waals surface area contributed by atoms with Gasteiger partial charge < -0.3 is 18.9 Å². The van der Waals surface area contributed by atoms with E-state index in [1.807, 2.05) is 24.3 Å². The molecular weight excluding hydrogens is 767 g/mol. The second-order valence-electron chi connectivity index (χ2n) is 14.7. The van der Waals surface area contributed by atoms with Gasteiger partial charge in [-0.05, 0) is 97.5 Å². The minimum Gasteiger partial charge on any atom is -0.423 e. The van der Waals surface area contributed by atoms with E-state index in [9.17, 15) is 19.2 Å². The van der Waals surface area contributed by atoms with Crippen molar-refractivity contribution in [1.82, 2.24) is 0 Å². The summed E-state index contributed by atoms with van der Waals surface area (Å²) in [7, 11) is 0. The van der Waals surface area contributed by atoms with E-state index >= 15 is 8.78 Å². The molecule has 5 aromatic carbocycles. The van der Waals surface area contributed by atoms with Gasteiger partial charge in [0.1, 0.15) is 34.6 Å². The summed E-state index contributed by atoms with van der Waals surface area (Å²) in [6.07, 6.45) is 16.2. The van der Waals surface area contributed by atoms with Crippen LogP contribution in [-0.2, 0) is 12.8 Å². The summed E-state index contributed by atoms with van der Waals surface area (Å²) in [5, 5.41) is 0. The molecule has 0 spiro atoms. The largest absolute Gasteiger partial charge is 0.423 e. The molecule has 8 nitrogen and oxygen atoms in total. The molecule has 5 aromatic rings. The van der Waals surface area contributed by atoms with Gasteiger partial charge in [0.25, 0.3) is 0 Å². The van der Waals surface area contributed by atoms with Crippen LogP contribution >= 0.6 is 0 Å². The normalized spacial score (nSPS) is 10.9. The molecule has 0 atom stereocenters. The van der Waals surface area contributed by atoms with Crippen LogP contribution < -0.4 is 18.9 Å². The summed E-state index contributed by atoms with van der Waals surface area (Å²) in [5.74, 6) is -5.79. The number of halogens is 2. The zero-order valence-corrected chi connectivity index (χ0v) is 34.3. The number of carbonyl (C=O) groups excluding carboxylic acids is 4. The smallest absolute Gasteiger partial charge is 0.346 e. The highest BCUT2D eigenvalue weighted by Gasteiger charge is 2.20. The van der Waals surface area contributed by atoms with E-state index in [1.54, 1.807) is 24.3 Å². The van der Waals surface area contributed by atoms with Crippen LogP contribution in [0.3, 0.4) is 0 Å². The Morgan fingerprint density at radius 3 is 1.13 bits per heavy atom. The van der Waals surface area contributed by atoms with E-state index in [0.29, 0.717) is 11.1 Å². The van der Waals surface area contributed by atoms with Crippen LogP contribution in [0.2, 0.25) is 0 Å². The van der Waals surface area contributed by atoms with Crippen molar-refractivity contribution in [3.05, 3.63) is 154 Å². The number of carbonyl (C=O) groups is 4. The SMILES string of the molecule is CCCCCCCCc1ccc(C(=O)Oc2ccc(C(=O)Oc3cccc(OC(=O)c4ccc(OC(=O)c5ccc(CCCCCCCC)cc5)cc4F)c3)c(F)c2)cc1. The summed E-state index contributed by atoms with van der Waals surface area (Å²) < 4.78 is 51.4. The highest BCUT2D eigenvalue weighted by molar-refractivity contribution is 5.94. The lowest BCUT2D eigenvalue weighted by Crippen LogP contribution is -2.13. The topological polar surface area (TPSA) is 105 Å². The number of hydrogen-bond acceptors (Lipinski definition) is 8. The van der Waals surface area contributed by atoms with Crippen LogP contribution in [0.1, 0.15) is 143 Å². The Kier molecular flexibility index (Phi) is 17.6. The molecule has 0 amide bonds. The Morgan fingerprint density at radius 1 is 0.400 bits per heavy atom. The fourth-order valence-electron chi connectivity index (χ4n) is 6.54. The molecule has 0 aliphatic rings. The summed E-state index contributed by atoms with van der Waals surface area (Å²) in [5.41, 5.74) is 1.99. The summed E-state index contributed by atoms with van der Waals surface area (Å²) in [4.78, 5) is 51.2. The zero-order chi connectivity index (χ0) is 42.7. The Morgan fingerprint density at radius 2 is 0.750 bits per heavy atom. The zero-order valence-electron chi connectivity index (χ0n) is 34.3. The van der Waals surface area contributed by atoms with Crippen molar-refractivity contribution >= 4 is 23.9 Å². The van der Waals surface area contributed by atoms with Gasteiger partial charge in [0.15, 0.2) is 0 Å². The van der Waals surface area contributed by atoms with Crippen molar-refractivity contribution in [3.63, 3.8) is 0 Å². The first kappa shape index (κ1) is 44.9. The Labute approximate surface area is 350 Å². The van der Waals surface area contributed by atoms with Crippen molar-refractivity contribution in [3.8, 4) is 23.0 Å². The maximum atomic E-state index is 15.1. The molecule has 0 aliphatic carbocycles. The van der Waals surface area contributed by atoms with Gasteiger partial charge in [-0.25, -0.2) is 28.0 Å². The Balaban J connectivity index is 1.09. The molecule has 0 radical (unpaired) electrons. The van der Waals surface area contributed by atoms with E-state index in [4.69, 9.17) is 18.9 Å². The van der Waals surface area contributed by atoms with E-state index < -0.39 is 46.6 Å². The molecular formula is C50H52F2O8. The molecule has 0 aliphatic heterocycles. The first-order valence-corrected chi connectivity index (χ1v) is 20.9. The molecule has 0 saturated heterocycles. The third kappa shape index (κ3) is 14.0. The molecule has 314 valence electrons. The van der Waals surface area contributed by atoms with Crippen molar-refractivity contribution in [1.29, 1.82) is 0 Å². The molecule has 60 heavy (non-hydrogen) atoms. The average Bonchev–Trinajstić information content (AvgIpc) is 3.24. The van der Waals surface area contributed by atoms with Gasteiger partial charge in [-0.1, -0.05) is 108 Å². The van der Waals surface area contributed by atoms with Gasteiger partial charge in [-0.2, -0.15) is 0 Å². The van der Waals surface area contributed by atoms with Crippen LogP contribution in [0.4, 0.5) is 8.78 Å². The quantitative estimate of drug-likeness (QED) is 0.0386. The molecule has 0 unspecified atom stereocenters. The average molecular weight is 819 g/mol. The van der Waals surface area contributed by atoms with Crippen LogP contribution in [0.25, 0.3) is 0 Å². The third-order valence-corrected chi connectivity index (χ3v) is 9.99. The van der Waals surface area contributed by atoms with Crippen molar-refractivity contribution < 1.29 is 46.9 Å². The first-order chi connectivity index (χ1) is 29.1. The van der Waals surface area contributed by atoms with Crippen molar-refractivity contribution in [2.24, 2.45) is 0 Å². The summed E-state index contributed by atoms with van der Waals surface area (Å²) in [6, 6.07) is 26.2. The number of aryl methyl sites for hydroxylation is 2. The highest BCUT2D eigenvalue weighted by Crippen LogP contribution is 2.26. The molecule has 0 heterocycles. The molecule has 0 aromatic heterocycles. The molecule has 0 saturated carbocycles. The van der Waals surface area contributed by atoms with Crippen LogP contribution in [0.5, 0.6) is 23.0 Å². The lowest BCUT2D eigenvalue weighted by atomic mass is 10.0. The van der Waals surface area contributed by atoms with Gasteiger partial charge in [0.05, 0.1) is 22.3 Å². The van der Waals surface area contributed by atoms with Crippen molar-refractivity contribution in [2.45, 2.75) is 104 Å². The number of benzene rings is 5. The van der Waals surface area contributed by atoms with Gasteiger partial charge in [0.2, 0.25) is 0 Å². The number of esters is 4. The number of ether oxygens (including phenoxy) is 4. The van der Waals surface area contributed by atoms with Crippen LogP contribution in [-0.4, -0.2) is 23.9 Å². The maximum Gasteiger partial charge on any atom is 0.346 e. The molecule has 0 bridgehead atoms. The molecule has 5 rings (SSSR count). The predicted molar refractivity (Wildman–Crippen MR) is 226 cm³/mol. The first-order valence-electron chi connectivity index (χ1n) is 20.9. The van der Waals surface area contributed by atoms with E-state index in [-0.39, 0.29) is 23.0 Å². The molecule has 0 fully saturated rings. The standard InChI is InChI=1S/C50H52F2O8/c1-3-5-7-9-11-13-16-35-20-24-37(25-21-35)47(53)57-41-28-30-43(45(51)33-41)49(55)59-39-18-15-19-40(32-39)60-50(56)44-31-29-42(34-46(44)52)58-48(54)38-26-22-36(23-27-38)17-14-12-10-8-6-4-2/h15,18-34H,3-14,16-17H2,1-2H3. The fraction of sp³-hybridized carbons (Fsp3) is 0.320. The van der Waals surface area contributed by atoms with E-state index in [1.165, 1.54) is 87.8 Å². The van der Waals surface area contributed by atoms with Crippen molar-refractivity contribution in [2.75, 3.05) is 0 Å². The second-order valence-corrected chi connectivity index (χ2v) is 14.7. The van der Waals surface area contributed by atoms with E-state index in [2.05, 4.69) is 13.8 Å². The maximum absolute atomic E-state index is 15.1. The third-order valence-electron chi connectivity index (χ3n) is 9.99. The van der Waals surface area contributed by atoms with E-state index in [0.717, 1.165) is 73.9 Å². The summed E-state index contributed by atoms with van der Waals surface area (Å²) in [6.45, 7) is 4.38. The Bertz CT molecular complexity index is 2050. The van der Waals surface area contributed by atoms with Crippen LogP contribution in [0.15, 0.2) is 109 Å². The molecule has 10 heteroatoms. The van der Waals surface area contributed by atoms with Crippen LogP contribution in [0, 0.1) is 11.6 Å². The number of unbranched alkanes of at least 4 members (excludes halogenated alkanes) is 10. The highest BCUT2D eigenvalue weighted by atomic mass is 19.1. The van der Waals surface area contributed by atoms with Gasteiger partial charge in [0, 0.05) is 18.2 Å². The van der Waals surface area contributed by atoms with Gasteiger partial charge in [-0.15, -0.1) is 0 Å². The number of hydrogen-bond donors (Lipinski definition) is 0. The lowest BCUT2D eigenvalue weighted by molar-refractivity contribution is 0.0720. The second kappa shape index (κ2) is 23.4. The monoisotopic (exact) mass is 818 g/mol. The minimum absolute atomic E-state index is 0.0849. The minimum atomic E-state index is -1.06. The lowest BCUT2D eigenvalue weighted by Gasteiger charge is -2.10.